The maximum absolute atomic E-state index is 10.5. The molecule has 112 valence electrons. The van der Waals surface area contributed by atoms with Gasteiger partial charge in [-0.05, 0) is 50.6 Å². The minimum atomic E-state index is -0.910. The average Bonchev–Trinajstić information content (AvgIpc) is 2.80. The summed E-state index contributed by atoms with van der Waals surface area (Å²) >= 11 is 1.68. The van der Waals surface area contributed by atoms with Crippen molar-refractivity contribution in [1.29, 1.82) is 0 Å². The fraction of sp³-hybridized carbons (Fsp3) is 0.533. The highest BCUT2D eigenvalue weighted by Gasteiger charge is 2.14. The molecule has 0 spiro atoms. The van der Waals surface area contributed by atoms with Gasteiger partial charge in [0.1, 0.15) is 0 Å². The number of carboxylic acids is 1. The molecule has 0 aliphatic rings. The smallest absolute Gasteiger partial charge is 0.328 e. The average molecular weight is 296 g/mol. The number of nitrogens with zero attached hydrogens (tertiary/aromatic N) is 2. The lowest BCUT2D eigenvalue weighted by molar-refractivity contribution is -0.131. The standard InChI is InChI=1S/C15H24N2O2S/c1-5-17(12(2)9-16(3)4)10-14-8-13(11-20-14)6-7-15(18)19/h6-8,11-12H,5,9-10H2,1-4H3,(H,18,19)/b7-6+. The maximum atomic E-state index is 10.5. The first-order valence-electron chi connectivity index (χ1n) is 6.79. The summed E-state index contributed by atoms with van der Waals surface area (Å²) in [5.74, 6) is -0.910. The highest BCUT2D eigenvalue weighted by Crippen LogP contribution is 2.19. The van der Waals surface area contributed by atoms with Crippen LogP contribution in [0.1, 0.15) is 24.3 Å². The van der Waals surface area contributed by atoms with E-state index >= 15 is 0 Å². The molecule has 5 heteroatoms. The second-order valence-electron chi connectivity index (χ2n) is 5.19. The fourth-order valence-electron chi connectivity index (χ4n) is 2.16. The van der Waals surface area contributed by atoms with E-state index in [4.69, 9.17) is 5.11 Å². The Bertz CT molecular complexity index is 454. The molecule has 0 aliphatic carbocycles. The molecular formula is C15H24N2O2S. The van der Waals surface area contributed by atoms with Gasteiger partial charge in [0.05, 0.1) is 0 Å². The Morgan fingerprint density at radius 3 is 2.75 bits per heavy atom. The Morgan fingerprint density at radius 2 is 2.20 bits per heavy atom. The maximum Gasteiger partial charge on any atom is 0.328 e. The van der Waals surface area contributed by atoms with E-state index in [1.165, 1.54) is 11.0 Å². The van der Waals surface area contributed by atoms with Crippen LogP contribution in [0.5, 0.6) is 0 Å². The molecular weight excluding hydrogens is 272 g/mol. The molecule has 0 amide bonds. The molecule has 0 saturated heterocycles. The lowest BCUT2D eigenvalue weighted by atomic mass is 10.2. The molecule has 1 unspecified atom stereocenters. The van der Waals surface area contributed by atoms with Crippen molar-refractivity contribution in [2.45, 2.75) is 26.4 Å². The van der Waals surface area contributed by atoms with Crippen molar-refractivity contribution in [2.75, 3.05) is 27.2 Å². The van der Waals surface area contributed by atoms with Crippen molar-refractivity contribution < 1.29 is 9.90 Å². The highest BCUT2D eigenvalue weighted by atomic mass is 32.1. The zero-order valence-corrected chi connectivity index (χ0v) is 13.5. The van der Waals surface area contributed by atoms with E-state index in [0.29, 0.717) is 6.04 Å². The van der Waals surface area contributed by atoms with Gasteiger partial charge in [-0.2, -0.15) is 0 Å². The Balaban J connectivity index is 2.64. The van der Waals surface area contributed by atoms with Crippen LogP contribution in [0.3, 0.4) is 0 Å². The molecule has 1 rings (SSSR count). The predicted molar refractivity (Wildman–Crippen MR) is 85.1 cm³/mol. The Morgan fingerprint density at radius 1 is 1.50 bits per heavy atom. The summed E-state index contributed by atoms with van der Waals surface area (Å²) in [6.45, 7) is 7.36. The van der Waals surface area contributed by atoms with E-state index in [1.54, 1.807) is 17.4 Å². The summed E-state index contributed by atoms with van der Waals surface area (Å²) in [7, 11) is 4.18. The number of hydrogen-bond donors (Lipinski definition) is 1. The van der Waals surface area contributed by atoms with E-state index in [2.05, 4.69) is 43.8 Å². The van der Waals surface area contributed by atoms with Gasteiger partial charge in [-0.15, -0.1) is 11.3 Å². The Labute approximate surface area is 125 Å². The second kappa shape index (κ2) is 8.19. The Hall–Kier alpha value is -1.17. The van der Waals surface area contributed by atoms with Crippen LogP contribution in [0.15, 0.2) is 17.5 Å². The van der Waals surface area contributed by atoms with E-state index in [0.717, 1.165) is 25.2 Å². The van der Waals surface area contributed by atoms with E-state index < -0.39 is 5.97 Å². The van der Waals surface area contributed by atoms with Crippen LogP contribution in [0.2, 0.25) is 0 Å². The monoisotopic (exact) mass is 296 g/mol. The molecule has 20 heavy (non-hydrogen) atoms. The molecule has 1 N–H and O–H groups in total. The van der Waals surface area contributed by atoms with Gasteiger partial charge in [-0.3, -0.25) is 4.90 Å². The third kappa shape index (κ3) is 5.86. The quantitative estimate of drug-likeness (QED) is 0.749. The summed E-state index contributed by atoms with van der Waals surface area (Å²) in [4.78, 5) is 16.4. The second-order valence-corrected chi connectivity index (χ2v) is 6.19. The molecule has 1 heterocycles. The summed E-state index contributed by atoms with van der Waals surface area (Å²) in [5.41, 5.74) is 0.962. The van der Waals surface area contributed by atoms with Crippen molar-refractivity contribution in [3.05, 3.63) is 28.0 Å². The molecule has 0 fully saturated rings. The van der Waals surface area contributed by atoms with Gasteiger partial charge in [-0.25, -0.2) is 4.79 Å². The minimum absolute atomic E-state index is 0.495. The van der Waals surface area contributed by atoms with Crippen LogP contribution < -0.4 is 0 Å². The van der Waals surface area contributed by atoms with Crippen LogP contribution >= 0.6 is 11.3 Å². The summed E-state index contributed by atoms with van der Waals surface area (Å²) in [6.07, 6.45) is 2.82. The summed E-state index contributed by atoms with van der Waals surface area (Å²) in [6, 6.07) is 2.56. The zero-order chi connectivity index (χ0) is 15.1. The van der Waals surface area contributed by atoms with Crippen molar-refractivity contribution in [3.8, 4) is 0 Å². The normalized spacial score (nSPS) is 13.5. The van der Waals surface area contributed by atoms with Gasteiger partial charge in [0, 0.05) is 30.1 Å². The van der Waals surface area contributed by atoms with Crippen LogP contribution in [-0.4, -0.2) is 54.1 Å². The third-order valence-corrected chi connectivity index (χ3v) is 4.05. The van der Waals surface area contributed by atoms with Crippen LogP contribution in [-0.2, 0) is 11.3 Å². The number of aliphatic carboxylic acids is 1. The number of carboxylic acid groups (broad SMARTS) is 1. The minimum Gasteiger partial charge on any atom is -0.478 e. The molecule has 1 atom stereocenters. The lowest BCUT2D eigenvalue weighted by Crippen LogP contribution is -2.39. The van der Waals surface area contributed by atoms with E-state index in [-0.39, 0.29) is 0 Å². The predicted octanol–water partition coefficient (Wildman–Crippen LogP) is 2.62. The topological polar surface area (TPSA) is 43.8 Å². The molecule has 4 nitrogen and oxygen atoms in total. The van der Waals surface area contributed by atoms with Gasteiger partial charge in [-0.1, -0.05) is 6.92 Å². The third-order valence-electron chi connectivity index (χ3n) is 3.11. The summed E-state index contributed by atoms with van der Waals surface area (Å²) in [5, 5.41) is 10.6. The summed E-state index contributed by atoms with van der Waals surface area (Å²) < 4.78 is 0. The van der Waals surface area contributed by atoms with Crippen LogP contribution in [0, 0.1) is 0 Å². The Kier molecular flexibility index (Phi) is 6.91. The molecule has 0 aliphatic heterocycles. The van der Waals surface area contributed by atoms with Gasteiger partial charge < -0.3 is 10.0 Å². The number of rotatable bonds is 8. The first kappa shape index (κ1) is 16.9. The molecule has 1 aromatic rings. The SMILES string of the molecule is CCN(Cc1cc(/C=C/C(=O)O)cs1)C(C)CN(C)C. The van der Waals surface area contributed by atoms with E-state index in [1.807, 2.05) is 5.38 Å². The number of thiophene rings is 1. The van der Waals surface area contributed by atoms with Crippen LogP contribution in [0.25, 0.3) is 6.08 Å². The number of hydrogen-bond acceptors (Lipinski definition) is 4. The van der Waals surface area contributed by atoms with Gasteiger partial charge in [0.2, 0.25) is 0 Å². The zero-order valence-electron chi connectivity index (χ0n) is 12.7. The lowest BCUT2D eigenvalue weighted by Gasteiger charge is -2.29. The number of carbonyl (C=O) groups is 1. The first-order valence-corrected chi connectivity index (χ1v) is 7.67. The molecule has 0 saturated carbocycles. The molecule has 0 radical (unpaired) electrons. The fourth-order valence-corrected chi connectivity index (χ4v) is 3.04. The number of likely N-dealkylation sites (N-methyl/N-ethyl adjacent to an activating group) is 2. The van der Waals surface area contributed by atoms with Gasteiger partial charge in [0.25, 0.3) is 0 Å². The molecule has 0 bridgehead atoms. The van der Waals surface area contributed by atoms with Crippen molar-refractivity contribution in [3.63, 3.8) is 0 Å². The molecule has 0 aromatic carbocycles. The van der Waals surface area contributed by atoms with Crippen molar-refractivity contribution in [2.24, 2.45) is 0 Å². The van der Waals surface area contributed by atoms with E-state index in [9.17, 15) is 4.79 Å². The van der Waals surface area contributed by atoms with Gasteiger partial charge in [0.15, 0.2) is 0 Å². The van der Waals surface area contributed by atoms with Gasteiger partial charge >= 0.3 is 5.97 Å². The first-order chi connectivity index (χ1) is 9.42. The van der Waals surface area contributed by atoms with Crippen LogP contribution in [0.4, 0.5) is 0 Å². The van der Waals surface area contributed by atoms with Crippen molar-refractivity contribution >= 4 is 23.4 Å². The largest absolute Gasteiger partial charge is 0.478 e. The highest BCUT2D eigenvalue weighted by molar-refractivity contribution is 7.10. The van der Waals surface area contributed by atoms with Crippen molar-refractivity contribution in [1.82, 2.24) is 9.80 Å². The molecule has 1 aromatic heterocycles.